The van der Waals surface area contributed by atoms with Gasteiger partial charge in [0.15, 0.2) is 0 Å². The van der Waals surface area contributed by atoms with Crippen molar-refractivity contribution in [2.24, 2.45) is 0 Å². The van der Waals surface area contributed by atoms with Gasteiger partial charge in [-0.2, -0.15) is 0 Å². The summed E-state index contributed by atoms with van der Waals surface area (Å²) < 4.78 is 5.69. The third-order valence-corrected chi connectivity index (χ3v) is 3.61. The SMILES string of the molecule is CCCCCCOc1ccc(-c2nnc(N)s2)cc1. The number of aromatic nitrogens is 2. The molecule has 4 nitrogen and oxygen atoms in total. The van der Waals surface area contributed by atoms with E-state index in [0.29, 0.717) is 5.13 Å². The highest BCUT2D eigenvalue weighted by molar-refractivity contribution is 7.18. The maximum absolute atomic E-state index is 5.69. The minimum absolute atomic E-state index is 0.492. The lowest BCUT2D eigenvalue weighted by Crippen LogP contribution is -1.96. The van der Waals surface area contributed by atoms with E-state index in [1.807, 2.05) is 24.3 Å². The Kier molecular flexibility index (Phi) is 5.15. The normalized spacial score (nSPS) is 10.6. The van der Waals surface area contributed by atoms with Crippen molar-refractivity contribution in [3.63, 3.8) is 0 Å². The average Bonchev–Trinajstić information content (AvgIpc) is 2.86. The van der Waals surface area contributed by atoms with Crippen molar-refractivity contribution in [2.75, 3.05) is 12.3 Å². The number of rotatable bonds is 7. The highest BCUT2D eigenvalue weighted by Crippen LogP contribution is 2.26. The second-order valence-electron chi connectivity index (χ2n) is 4.38. The van der Waals surface area contributed by atoms with Gasteiger partial charge in [-0.3, -0.25) is 0 Å². The van der Waals surface area contributed by atoms with Crippen LogP contribution in [0.25, 0.3) is 10.6 Å². The molecule has 0 aliphatic rings. The van der Waals surface area contributed by atoms with Crippen molar-refractivity contribution < 1.29 is 4.74 Å². The van der Waals surface area contributed by atoms with E-state index in [1.165, 1.54) is 30.6 Å². The second-order valence-corrected chi connectivity index (χ2v) is 5.39. The molecule has 0 unspecified atom stereocenters. The molecule has 0 spiro atoms. The fourth-order valence-corrected chi connectivity index (χ4v) is 2.38. The van der Waals surface area contributed by atoms with Crippen LogP contribution in [0.2, 0.25) is 0 Å². The van der Waals surface area contributed by atoms with Crippen LogP contribution in [0.1, 0.15) is 32.6 Å². The predicted molar refractivity (Wildman–Crippen MR) is 79.4 cm³/mol. The van der Waals surface area contributed by atoms with Crippen LogP contribution in [0.3, 0.4) is 0 Å². The summed E-state index contributed by atoms with van der Waals surface area (Å²) >= 11 is 1.39. The fourth-order valence-electron chi connectivity index (χ4n) is 1.76. The van der Waals surface area contributed by atoms with E-state index >= 15 is 0 Å². The zero-order chi connectivity index (χ0) is 13.5. The minimum Gasteiger partial charge on any atom is -0.494 e. The zero-order valence-electron chi connectivity index (χ0n) is 11.1. The molecule has 0 atom stereocenters. The lowest BCUT2D eigenvalue weighted by Gasteiger charge is -2.06. The molecule has 5 heteroatoms. The maximum Gasteiger partial charge on any atom is 0.203 e. The highest BCUT2D eigenvalue weighted by Gasteiger charge is 2.04. The number of hydrogen-bond donors (Lipinski definition) is 1. The fraction of sp³-hybridized carbons (Fsp3) is 0.429. The van der Waals surface area contributed by atoms with Gasteiger partial charge in [0.05, 0.1) is 6.61 Å². The molecule has 2 rings (SSSR count). The first kappa shape index (κ1) is 13.8. The Hall–Kier alpha value is -1.62. The standard InChI is InChI=1S/C14H19N3OS/c1-2-3-4-5-10-18-12-8-6-11(7-9-12)13-16-17-14(15)19-13/h6-9H,2-5,10H2,1H3,(H2,15,17). The van der Waals surface area contributed by atoms with Gasteiger partial charge >= 0.3 is 0 Å². The Morgan fingerprint density at radius 2 is 1.89 bits per heavy atom. The molecular formula is C14H19N3OS. The van der Waals surface area contributed by atoms with Crippen LogP contribution >= 0.6 is 11.3 Å². The summed E-state index contributed by atoms with van der Waals surface area (Å²) in [4.78, 5) is 0. The average molecular weight is 277 g/mol. The smallest absolute Gasteiger partial charge is 0.203 e. The van der Waals surface area contributed by atoms with E-state index in [4.69, 9.17) is 10.5 Å². The monoisotopic (exact) mass is 277 g/mol. The molecule has 1 aromatic carbocycles. The van der Waals surface area contributed by atoms with Crippen LogP contribution in [-0.2, 0) is 0 Å². The largest absolute Gasteiger partial charge is 0.494 e. The molecule has 2 N–H and O–H groups in total. The van der Waals surface area contributed by atoms with Crippen LogP contribution in [0.5, 0.6) is 5.75 Å². The quantitative estimate of drug-likeness (QED) is 0.783. The van der Waals surface area contributed by atoms with Gasteiger partial charge in [0.2, 0.25) is 5.13 Å². The van der Waals surface area contributed by atoms with Gasteiger partial charge in [-0.25, -0.2) is 0 Å². The predicted octanol–water partition coefficient (Wildman–Crippen LogP) is 3.75. The summed E-state index contributed by atoms with van der Waals surface area (Å²) in [6.45, 7) is 2.99. The Morgan fingerprint density at radius 3 is 2.53 bits per heavy atom. The highest BCUT2D eigenvalue weighted by atomic mass is 32.1. The van der Waals surface area contributed by atoms with Crippen LogP contribution in [0, 0.1) is 0 Å². The van der Waals surface area contributed by atoms with Crippen molar-refractivity contribution in [1.29, 1.82) is 0 Å². The van der Waals surface area contributed by atoms with Crippen molar-refractivity contribution >= 4 is 16.5 Å². The lowest BCUT2D eigenvalue weighted by atomic mass is 10.2. The number of anilines is 1. The molecule has 0 amide bonds. The molecule has 0 aliphatic heterocycles. The molecule has 1 heterocycles. The lowest BCUT2D eigenvalue weighted by molar-refractivity contribution is 0.305. The molecule has 102 valence electrons. The summed E-state index contributed by atoms with van der Waals surface area (Å²) in [7, 11) is 0. The number of nitrogens with two attached hydrogens (primary N) is 1. The van der Waals surface area contributed by atoms with E-state index in [9.17, 15) is 0 Å². The molecule has 0 saturated carbocycles. The summed E-state index contributed by atoms with van der Waals surface area (Å²) in [5.74, 6) is 0.901. The minimum atomic E-state index is 0.492. The van der Waals surface area contributed by atoms with E-state index < -0.39 is 0 Å². The van der Waals surface area contributed by atoms with Crippen molar-refractivity contribution in [3.8, 4) is 16.3 Å². The van der Waals surface area contributed by atoms with Crippen LogP contribution in [0.15, 0.2) is 24.3 Å². The Balaban J connectivity index is 1.85. The molecule has 1 aromatic heterocycles. The maximum atomic E-state index is 5.69. The van der Waals surface area contributed by atoms with Gasteiger partial charge < -0.3 is 10.5 Å². The van der Waals surface area contributed by atoms with E-state index in [-0.39, 0.29) is 0 Å². The molecule has 19 heavy (non-hydrogen) atoms. The first-order valence-corrected chi connectivity index (χ1v) is 7.43. The van der Waals surface area contributed by atoms with Gasteiger partial charge in [-0.1, -0.05) is 37.5 Å². The van der Waals surface area contributed by atoms with Gasteiger partial charge in [0.25, 0.3) is 0 Å². The molecule has 0 bridgehead atoms. The number of nitrogen functional groups attached to an aromatic ring is 1. The number of benzene rings is 1. The van der Waals surface area contributed by atoms with Crippen molar-refractivity contribution in [3.05, 3.63) is 24.3 Å². The number of unbranched alkanes of at least 4 members (excludes halogenated alkanes) is 3. The Labute approximate surface area is 117 Å². The Morgan fingerprint density at radius 1 is 1.11 bits per heavy atom. The molecule has 2 aromatic rings. The summed E-state index contributed by atoms with van der Waals surface area (Å²) in [6.07, 6.45) is 4.88. The summed E-state index contributed by atoms with van der Waals surface area (Å²) in [6, 6.07) is 7.90. The van der Waals surface area contributed by atoms with Crippen molar-refractivity contribution in [2.45, 2.75) is 32.6 Å². The zero-order valence-corrected chi connectivity index (χ0v) is 11.9. The van der Waals surface area contributed by atoms with Crippen LogP contribution in [0.4, 0.5) is 5.13 Å². The van der Waals surface area contributed by atoms with Crippen LogP contribution < -0.4 is 10.5 Å². The second kappa shape index (κ2) is 7.09. The molecule has 0 radical (unpaired) electrons. The number of hydrogen-bond acceptors (Lipinski definition) is 5. The van der Waals surface area contributed by atoms with Gasteiger partial charge in [-0.05, 0) is 30.7 Å². The summed E-state index contributed by atoms with van der Waals surface area (Å²) in [5.41, 5.74) is 6.59. The van der Waals surface area contributed by atoms with Crippen LogP contribution in [-0.4, -0.2) is 16.8 Å². The van der Waals surface area contributed by atoms with Gasteiger partial charge in [-0.15, -0.1) is 10.2 Å². The summed E-state index contributed by atoms with van der Waals surface area (Å²) in [5, 5.41) is 9.15. The molecule has 0 fully saturated rings. The Bertz CT molecular complexity index is 496. The number of ether oxygens (including phenoxy) is 1. The third kappa shape index (κ3) is 4.21. The van der Waals surface area contributed by atoms with E-state index in [0.717, 1.165) is 29.3 Å². The van der Waals surface area contributed by atoms with Crippen molar-refractivity contribution in [1.82, 2.24) is 10.2 Å². The third-order valence-electron chi connectivity index (χ3n) is 2.81. The first-order valence-electron chi connectivity index (χ1n) is 6.62. The first-order chi connectivity index (χ1) is 9.29. The van der Waals surface area contributed by atoms with E-state index in [2.05, 4.69) is 17.1 Å². The number of nitrogens with zero attached hydrogens (tertiary/aromatic N) is 2. The van der Waals surface area contributed by atoms with Gasteiger partial charge in [0, 0.05) is 5.56 Å². The molecule has 0 aliphatic carbocycles. The van der Waals surface area contributed by atoms with E-state index in [1.54, 1.807) is 0 Å². The molecular weight excluding hydrogens is 258 g/mol. The molecule has 0 saturated heterocycles. The topological polar surface area (TPSA) is 61.0 Å². The van der Waals surface area contributed by atoms with Gasteiger partial charge in [0.1, 0.15) is 10.8 Å².